The fourth-order valence-electron chi connectivity index (χ4n) is 2.14. The van der Waals surface area contributed by atoms with E-state index in [2.05, 4.69) is 5.32 Å². The molecule has 1 saturated heterocycles. The summed E-state index contributed by atoms with van der Waals surface area (Å²) in [6, 6.07) is 5.92. The molecule has 18 heavy (non-hydrogen) atoms. The second kappa shape index (κ2) is 5.87. The number of hydrogen-bond donors (Lipinski definition) is 1. The molecule has 1 heterocycles. The summed E-state index contributed by atoms with van der Waals surface area (Å²) in [5, 5.41) is 3.46. The molecule has 1 unspecified atom stereocenters. The predicted molar refractivity (Wildman–Crippen MR) is 70.0 cm³/mol. The number of anilines is 1. The smallest absolute Gasteiger partial charge is 0.337 e. The average molecular weight is 249 g/mol. The normalized spacial score (nSPS) is 19.3. The zero-order valence-electron chi connectivity index (χ0n) is 10.9. The van der Waals surface area contributed by atoms with Crippen LogP contribution in [0.5, 0.6) is 0 Å². The Balaban J connectivity index is 2.07. The minimum absolute atomic E-state index is 0.300. The molecule has 98 valence electrons. The van der Waals surface area contributed by atoms with Gasteiger partial charge < -0.3 is 14.8 Å². The van der Waals surface area contributed by atoms with Gasteiger partial charge >= 0.3 is 5.97 Å². The highest BCUT2D eigenvalue weighted by molar-refractivity contribution is 5.90. The van der Waals surface area contributed by atoms with Crippen LogP contribution in [-0.2, 0) is 9.47 Å². The van der Waals surface area contributed by atoms with E-state index in [1.165, 1.54) is 7.11 Å². The molecule has 1 aromatic carbocycles. The van der Waals surface area contributed by atoms with E-state index < -0.39 is 0 Å². The first kappa shape index (κ1) is 12.9. The summed E-state index contributed by atoms with van der Waals surface area (Å²) < 4.78 is 10.1. The maximum Gasteiger partial charge on any atom is 0.337 e. The van der Waals surface area contributed by atoms with Crippen molar-refractivity contribution in [1.82, 2.24) is 0 Å². The van der Waals surface area contributed by atoms with Gasteiger partial charge in [-0.05, 0) is 43.5 Å². The minimum atomic E-state index is -0.300. The van der Waals surface area contributed by atoms with Crippen molar-refractivity contribution in [2.24, 2.45) is 0 Å². The standard InChI is InChI=1S/C14H19NO3/c1-10-8-11(14(16)17-2)5-6-13(10)15-12-4-3-7-18-9-12/h5-6,8,12,15H,3-4,7,9H2,1-2H3. The molecule has 2 rings (SSSR count). The predicted octanol–water partition coefficient (Wildman–Crippen LogP) is 2.37. The second-order valence-electron chi connectivity index (χ2n) is 4.58. The Morgan fingerprint density at radius 2 is 2.33 bits per heavy atom. The van der Waals surface area contributed by atoms with Crippen LogP contribution in [0.4, 0.5) is 5.69 Å². The SMILES string of the molecule is COC(=O)c1ccc(NC2CCCOC2)c(C)c1. The Bertz CT molecular complexity index is 425. The summed E-state index contributed by atoms with van der Waals surface area (Å²) in [4.78, 5) is 11.4. The molecule has 1 atom stereocenters. The molecule has 0 amide bonds. The van der Waals surface area contributed by atoms with Gasteiger partial charge in [-0.15, -0.1) is 0 Å². The monoisotopic (exact) mass is 249 g/mol. The fraction of sp³-hybridized carbons (Fsp3) is 0.500. The molecule has 0 spiro atoms. The van der Waals surface area contributed by atoms with Crippen molar-refractivity contribution >= 4 is 11.7 Å². The summed E-state index contributed by atoms with van der Waals surface area (Å²) >= 11 is 0. The van der Waals surface area contributed by atoms with Crippen LogP contribution in [0.2, 0.25) is 0 Å². The van der Waals surface area contributed by atoms with Gasteiger partial charge in [-0.2, -0.15) is 0 Å². The lowest BCUT2D eigenvalue weighted by atomic mass is 10.1. The fourth-order valence-corrected chi connectivity index (χ4v) is 2.14. The first-order valence-electron chi connectivity index (χ1n) is 6.24. The molecule has 0 radical (unpaired) electrons. The molecule has 1 fully saturated rings. The van der Waals surface area contributed by atoms with Crippen LogP contribution in [0.25, 0.3) is 0 Å². The summed E-state index contributed by atoms with van der Waals surface area (Å²) in [6.45, 7) is 3.59. The minimum Gasteiger partial charge on any atom is -0.465 e. The van der Waals surface area contributed by atoms with Gasteiger partial charge in [0.15, 0.2) is 0 Å². The van der Waals surface area contributed by atoms with Gasteiger partial charge in [0.25, 0.3) is 0 Å². The van der Waals surface area contributed by atoms with Crippen LogP contribution in [-0.4, -0.2) is 32.3 Å². The molecule has 1 aliphatic rings. The lowest BCUT2D eigenvalue weighted by Crippen LogP contribution is -2.30. The third kappa shape index (κ3) is 3.01. The zero-order chi connectivity index (χ0) is 13.0. The lowest BCUT2D eigenvalue weighted by molar-refractivity contribution is 0.0600. The quantitative estimate of drug-likeness (QED) is 0.835. The molecular formula is C14H19NO3. The molecule has 4 nitrogen and oxygen atoms in total. The zero-order valence-corrected chi connectivity index (χ0v) is 10.9. The van der Waals surface area contributed by atoms with Gasteiger partial charge in [-0.1, -0.05) is 0 Å². The average Bonchev–Trinajstić information content (AvgIpc) is 2.41. The van der Waals surface area contributed by atoms with Gasteiger partial charge in [0, 0.05) is 18.3 Å². The number of esters is 1. The molecule has 0 aromatic heterocycles. The highest BCUT2D eigenvalue weighted by Gasteiger charge is 2.15. The summed E-state index contributed by atoms with van der Waals surface area (Å²) in [7, 11) is 1.39. The highest BCUT2D eigenvalue weighted by atomic mass is 16.5. The molecule has 1 aromatic rings. The number of methoxy groups -OCH3 is 1. The van der Waals surface area contributed by atoms with Crippen LogP contribution in [0.15, 0.2) is 18.2 Å². The third-order valence-electron chi connectivity index (χ3n) is 3.17. The molecule has 4 heteroatoms. The largest absolute Gasteiger partial charge is 0.465 e. The number of aryl methyl sites for hydroxylation is 1. The first-order chi connectivity index (χ1) is 8.70. The molecule has 0 aliphatic carbocycles. The molecule has 1 aliphatic heterocycles. The van der Waals surface area contributed by atoms with Gasteiger partial charge in [-0.25, -0.2) is 4.79 Å². The van der Waals surface area contributed by atoms with Crippen molar-refractivity contribution in [3.05, 3.63) is 29.3 Å². The Kier molecular flexibility index (Phi) is 4.20. The molecular weight excluding hydrogens is 230 g/mol. The van der Waals surface area contributed by atoms with Crippen LogP contribution in [0, 0.1) is 6.92 Å². The molecule has 1 N–H and O–H groups in total. The van der Waals surface area contributed by atoms with Crippen molar-refractivity contribution < 1.29 is 14.3 Å². The molecule has 0 saturated carbocycles. The lowest BCUT2D eigenvalue weighted by Gasteiger charge is -2.25. The first-order valence-corrected chi connectivity index (χ1v) is 6.24. The number of carbonyl (C=O) groups is 1. The van der Waals surface area contributed by atoms with Crippen molar-refractivity contribution in [3.63, 3.8) is 0 Å². The van der Waals surface area contributed by atoms with Gasteiger partial charge in [0.2, 0.25) is 0 Å². The second-order valence-corrected chi connectivity index (χ2v) is 4.58. The number of rotatable bonds is 3. The van der Waals surface area contributed by atoms with E-state index in [0.29, 0.717) is 11.6 Å². The maximum absolute atomic E-state index is 11.4. The Labute approximate surface area is 107 Å². The van der Waals surface area contributed by atoms with E-state index in [1.54, 1.807) is 6.07 Å². The summed E-state index contributed by atoms with van der Waals surface area (Å²) in [5.74, 6) is -0.300. The Morgan fingerprint density at radius 3 is 2.94 bits per heavy atom. The van der Waals surface area contributed by atoms with E-state index in [9.17, 15) is 4.79 Å². The third-order valence-corrected chi connectivity index (χ3v) is 3.17. The topological polar surface area (TPSA) is 47.6 Å². The van der Waals surface area contributed by atoms with E-state index in [4.69, 9.17) is 9.47 Å². The van der Waals surface area contributed by atoms with Crippen LogP contribution in [0.3, 0.4) is 0 Å². The number of benzene rings is 1. The molecule has 0 bridgehead atoms. The van der Waals surface area contributed by atoms with Crippen LogP contribution >= 0.6 is 0 Å². The van der Waals surface area contributed by atoms with Crippen molar-refractivity contribution in [2.75, 3.05) is 25.6 Å². The van der Waals surface area contributed by atoms with Gasteiger partial charge in [0.1, 0.15) is 0 Å². The summed E-state index contributed by atoms with van der Waals surface area (Å²) in [6.07, 6.45) is 2.22. The van der Waals surface area contributed by atoms with Gasteiger partial charge in [-0.3, -0.25) is 0 Å². The number of hydrogen-bond acceptors (Lipinski definition) is 4. The van der Waals surface area contributed by atoms with Gasteiger partial charge in [0.05, 0.1) is 19.3 Å². The van der Waals surface area contributed by atoms with Crippen LogP contribution < -0.4 is 5.32 Å². The van der Waals surface area contributed by atoms with Crippen molar-refractivity contribution in [1.29, 1.82) is 0 Å². The van der Waals surface area contributed by atoms with Crippen molar-refractivity contribution in [3.8, 4) is 0 Å². The van der Waals surface area contributed by atoms with Crippen molar-refractivity contribution in [2.45, 2.75) is 25.8 Å². The van der Waals surface area contributed by atoms with E-state index in [-0.39, 0.29) is 5.97 Å². The van der Waals surface area contributed by atoms with E-state index >= 15 is 0 Å². The summed E-state index contributed by atoms with van der Waals surface area (Å²) in [5.41, 5.74) is 2.68. The maximum atomic E-state index is 11.4. The van der Waals surface area contributed by atoms with Crippen LogP contribution in [0.1, 0.15) is 28.8 Å². The Hall–Kier alpha value is -1.55. The number of carbonyl (C=O) groups excluding carboxylic acids is 1. The highest BCUT2D eigenvalue weighted by Crippen LogP contribution is 2.20. The number of nitrogens with one attached hydrogen (secondary N) is 1. The van der Waals surface area contributed by atoms with E-state index in [0.717, 1.165) is 37.3 Å². The Morgan fingerprint density at radius 1 is 1.50 bits per heavy atom. The number of ether oxygens (including phenoxy) is 2. The van der Waals surface area contributed by atoms with E-state index in [1.807, 2.05) is 19.1 Å².